The molecule has 1 rings (SSSR count). The Bertz CT molecular complexity index is 332. The third kappa shape index (κ3) is 2.71. The third-order valence-electron chi connectivity index (χ3n) is 1.90. The quantitative estimate of drug-likeness (QED) is 0.748. The first-order chi connectivity index (χ1) is 6.77. The highest BCUT2D eigenvalue weighted by molar-refractivity contribution is 5.51. The molecule has 74 valence electrons. The van der Waals surface area contributed by atoms with Crippen molar-refractivity contribution < 1.29 is 5.11 Å². The molecule has 2 N–H and O–H groups in total. The van der Waals surface area contributed by atoms with Crippen molar-refractivity contribution >= 4 is 5.82 Å². The Morgan fingerprint density at radius 1 is 1.71 bits per heavy atom. The SMILES string of the molecule is CCC(O)CNc1ncccc1C#N. The van der Waals surface area contributed by atoms with Crippen molar-refractivity contribution in [2.24, 2.45) is 0 Å². The van der Waals surface area contributed by atoms with Crippen molar-refractivity contribution in [3.8, 4) is 6.07 Å². The second kappa shape index (κ2) is 5.20. The van der Waals surface area contributed by atoms with Crippen LogP contribution in [-0.2, 0) is 0 Å². The summed E-state index contributed by atoms with van der Waals surface area (Å²) in [6.07, 6.45) is 1.90. The summed E-state index contributed by atoms with van der Waals surface area (Å²) in [6.45, 7) is 2.32. The molecule has 1 unspecified atom stereocenters. The second-order valence-electron chi connectivity index (χ2n) is 2.95. The lowest BCUT2D eigenvalue weighted by molar-refractivity contribution is 0.183. The van der Waals surface area contributed by atoms with Gasteiger partial charge in [-0.05, 0) is 18.6 Å². The molecule has 0 saturated carbocycles. The summed E-state index contributed by atoms with van der Waals surface area (Å²) in [7, 11) is 0. The van der Waals surface area contributed by atoms with Gasteiger partial charge in [-0.25, -0.2) is 4.98 Å². The van der Waals surface area contributed by atoms with Crippen molar-refractivity contribution in [1.82, 2.24) is 4.98 Å². The van der Waals surface area contributed by atoms with Gasteiger partial charge in [0.2, 0.25) is 0 Å². The van der Waals surface area contributed by atoms with Crippen LogP contribution in [-0.4, -0.2) is 22.7 Å². The lowest BCUT2D eigenvalue weighted by atomic mass is 10.2. The zero-order valence-electron chi connectivity index (χ0n) is 8.07. The molecule has 0 aliphatic carbocycles. The number of nitrogens with one attached hydrogen (secondary N) is 1. The van der Waals surface area contributed by atoms with Gasteiger partial charge in [-0.15, -0.1) is 0 Å². The Morgan fingerprint density at radius 3 is 3.14 bits per heavy atom. The van der Waals surface area contributed by atoms with Crippen molar-refractivity contribution in [2.45, 2.75) is 19.4 Å². The molecule has 0 bridgehead atoms. The average molecular weight is 191 g/mol. The number of nitriles is 1. The number of aliphatic hydroxyl groups excluding tert-OH is 1. The summed E-state index contributed by atoms with van der Waals surface area (Å²) in [6, 6.07) is 5.43. The van der Waals surface area contributed by atoms with Gasteiger partial charge in [0.15, 0.2) is 0 Å². The fraction of sp³-hybridized carbons (Fsp3) is 0.400. The number of aromatic nitrogens is 1. The van der Waals surface area contributed by atoms with Crippen LogP contribution in [0.1, 0.15) is 18.9 Å². The van der Waals surface area contributed by atoms with Crippen LogP contribution < -0.4 is 5.32 Å². The van der Waals surface area contributed by atoms with E-state index < -0.39 is 6.10 Å². The van der Waals surface area contributed by atoms with Crippen LogP contribution in [0.15, 0.2) is 18.3 Å². The highest BCUT2D eigenvalue weighted by atomic mass is 16.3. The Hall–Kier alpha value is -1.60. The first-order valence-corrected chi connectivity index (χ1v) is 4.55. The molecule has 1 heterocycles. The number of hydrogen-bond acceptors (Lipinski definition) is 4. The highest BCUT2D eigenvalue weighted by Crippen LogP contribution is 2.09. The lowest BCUT2D eigenvalue weighted by Crippen LogP contribution is -2.19. The zero-order valence-corrected chi connectivity index (χ0v) is 8.07. The van der Waals surface area contributed by atoms with Crippen LogP contribution in [0, 0.1) is 11.3 Å². The normalized spacial score (nSPS) is 11.8. The fourth-order valence-corrected chi connectivity index (χ4v) is 0.995. The minimum Gasteiger partial charge on any atom is -0.391 e. The second-order valence-corrected chi connectivity index (χ2v) is 2.95. The molecule has 4 nitrogen and oxygen atoms in total. The lowest BCUT2D eigenvalue weighted by Gasteiger charge is -2.10. The van der Waals surface area contributed by atoms with E-state index in [4.69, 9.17) is 5.26 Å². The summed E-state index contributed by atoms with van der Waals surface area (Å²) >= 11 is 0. The van der Waals surface area contributed by atoms with Gasteiger partial charge in [-0.3, -0.25) is 0 Å². The predicted molar refractivity (Wildman–Crippen MR) is 53.7 cm³/mol. The van der Waals surface area contributed by atoms with Crippen LogP contribution in [0.2, 0.25) is 0 Å². The van der Waals surface area contributed by atoms with E-state index in [-0.39, 0.29) is 0 Å². The smallest absolute Gasteiger partial charge is 0.143 e. The van der Waals surface area contributed by atoms with Crippen LogP contribution in [0.25, 0.3) is 0 Å². The van der Waals surface area contributed by atoms with E-state index in [1.807, 2.05) is 13.0 Å². The van der Waals surface area contributed by atoms with Gasteiger partial charge >= 0.3 is 0 Å². The molecule has 0 spiro atoms. The van der Waals surface area contributed by atoms with Gasteiger partial charge in [0, 0.05) is 12.7 Å². The Morgan fingerprint density at radius 2 is 2.50 bits per heavy atom. The van der Waals surface area contributed by atoms with Gasteiger partial charge in [-0.2, -0.15) is 5.26 Å². The molecule has 0 aliphatic rings. The minimum atomic E-state index is -0.399. The number of rotatable bonds is 4. The third-order valence-corrected chi connectivity index (χ3v) is 1.90. The zero-order chi connectivity index (χ0) is 10.4. The fourth-order valence-electron chi connectivity index (χ4n) is 0.995. The predicted octanol–water partition coefficient (Wildman–Crippen LogP) is 1.14. The van der Waals surface area contributed by atoms with Gasteiger partial charge < -0.3 is 10.4 Å². The van der Waals surface area contributed by atoms with E-state index in [0.29, 0.717) is 24.3 Å². The van der Waals surface area contributed by atoms with Crippen molar-refractivity contribution in [3.63, 3.8) is 0 Å². The first-order valence-electron chi connectivity index (χ1n) is 4.55. The summed E-state index contributed by atoms with van der Waals surface area (Å²) < 4.78 is 0. The summed E-state index contributed by atoms with van der Waals surface area (Å²) in [5, 5.41) is 21.0. The van der Waals surface area contributed by atoms with Crippen molar-refractivity contribution in [1.29, 1.82) is 5.26 Å². The molecule has 0 radical (unpaired) electrons. The molecule has 0 aliphatic heterocycles. The van der Waals surface area contributed by atoms with E-state index in [2.05, 4.69) is 10.3 Å². The molecular weight excluding hydrogens is 178 g/mol. The standard InChI is InChI=1S/C10H13N3O/c1-2-9(14)7-13-10-8(6-11)4-3-5-12-10/h3-5,9,14H,2,7H2,1H3,(H,12,13). The summed E-state index contributed by atoms with van der Waals surface area (Å²) in [5.41, 5.74) is 0.496. The minimum absolute atomic E-state index is 0.399. The van der Waals surface area contributed by atoms with E-state index >= 15 is 0 Å². The molecule has 0 aromatic carbocycles. The monoisotopic (exact) mass is 191 g/mol. The number of anilines is 1. The summed E-state index contributed by atoms with van der Waals surface area (Å²) in [4.78, 5) is 4.01. The van der Waals surface area contributed by atoms with Crippen molar-refractivity contribution in [2.75, 3.05) is 11.9 Å². The van der Waals surface area contributed by atoms with Crippen LogP contribution >= 0.6 is 0 Å². The molecule has 14 heavy (non-hydrogen) atoms. The van der Waals surface area contributed by atoms with E-state index in [9.17, 15) is 5.11 Å². The summed E-state index contributed by atoms with van der Waals surface area (Å²) in [5.74, 6) is 0.530. The number of aliphatic hydroxyl groups is 1. The molecule has 0 saturated heterocycles. The number of hydrogen-bond donors (Lipinski definition) is 2. The van der Waals surface area contributed by atoms with Gasteiger partial charge in [-0.1, -0.05) is 6.92 Å². The van der Waals surface area contributed by atoms with E-state index in [0.717, 1.165) is 0 Å². The largest absolute Gasteiger partial charge is 0.391 e. The molecular formula is C10H13N3O. The van der Waals surface area contributed by atoms with Gasteiger partial charge in [0.1, 0.15) is 11.9 Å². The topological polar surface area (TPSA) is 68.9 Å². The number of nitrogens with zero attached hydrogens (tertiary/aromatic N) is 2. The Kier molecular flexibility index (Phi) is 3.89. The average Bonchev–Trinajstić information content (AvgIpc) is 2.26. The molecule has 1 aromatic heterocycles. The molecule has 0 amide bonds. The van der Waals surface area contributed by atoms with Crippen LogP contribution in [0.3, 0.4) is 0 Å². The van der Waals surface area contributed by atoms with Gasteiger partial charge in [0.05, 0.1) is 11.7 Å². The molecule has 0 fully saturated rings. The maximum absolute atomic E-state index is 9.31. The molecule has 1 atom stereocenters. The molecule has 4 heteroatoms. The highest BCUT2D eigenvalue weighted by Gasteiger charge is 2.04. The van der Waals surface area contributed by atoms with Crippen LogP contribution in [0.5, 0.6) is 0 Å². The maximum atomic E-state index is 9.31. The number of pyridine rings is 1. The van der Waals surface area contributed by atoms with Crippen LogP contribution in [0.4, 0.5) is 5.82 Å². The molecule has 1 aromatic rings. The van der Waals surface area contributed by atoms with E-state index in [1.54, 1.807) is 18.3 Å². The van der Waals surface area contributed by atoms with Crippen molar-refractivity contribution in [3.05, 3.63) is 23.9 Å². The Balaban J connectivity index is 2.63. The van der Waals surface area contributed by atoms with E-state index in [1.165, 1.54) is 0 Å². The van der Waals surface area contributed by atoms with Gasteiger partial charge in [0.25, 0.3) is 0 Å². The first kappa shape index (κ1) is 10.5. The maximum Gasteiger partial charge on any atom is 0.143 e. The Labute approximate surface area is 83.2 Å².